The van der Waals surface area contributed by atoms with Gasteiger partial charge in [0.1, 0.15) is 5.75 Å². The molecule has 15 heavy (non-hydrogen) atoms. The van der Waals surface area contributed by atoms with Crippen molar-refractivity contribution in [3.8, 4) is 5.75 Å². The van der Waals surface area contributed by atoms with E-state index in [1.54, 1.807) is 0 Å². The number of carbonyl (C=O) groups is 1. The fourth-order valence-electron chi connectivity index (χ4n) is 0.874. The van der Waals surface area contributed by atoms with Crippen LogP contribution < -0.4 is 9.86 Å². The van der Waals surface area contributed by atoms with Crippen LogP contribution in [0.15, 0.2) is 24.3 Å². The average molecular weight is 223 g/mol. The molecule has 0 spiro atoms. The minimum Gasteiger partial charge on any atom is -0.406 e. The molecule has 0 unspecified atom stereocenters. The number of nitrogens with zero attached hydrogens (tertiary/aromatic N) is 1. The summed E-state index contributed by atoms with van der Waals surface area (Å²) in [5.74, 6) is -0.593. The molecule has 0 radical (unpaired) electrons. The van der Waals surface area contributed by atoms with E-state index in [0.717, 1.165) is 24.3 Å². The average Bonchev–Trinajstić information content (AvgIpc) is 2.14. The molecule has 0 fully saturated rings. The highest BCUT2D eigenvalue weighted by atomic mass is 19.4. The van der Waals surface area contributed by atoms with Gasteiger partial charge in [-0.1, -0.05) is 10.5 Å². The van der Waals surface area contributed by atoms with Gasteiger partial charge in [-0.3, -0.25) is 4.79 Å². The quantitative estimate of drug-likeness (QED) is 0.447. The third-order valence-corrected chi connectivity index (χ3v) is 1.39. The van der Waals surface area contributed by atoms with Gasteiger partial charge < -0.3 is 4.74 Å². The lowest BCUT2D eigenvalue weighted by molar-refractivity contribution is -0.274. The molecule has 1 aromatic carbocycles. The summed E-state index contributed by atoms with van der Waals surface area (Å²) in [4.78, 5) is 9.99. The van der Waals surface area contributed by atoms with Gasteiger partial charge in [0.05, 0.1) is 5.69 Å². The first-order valence-electron chi connectivity index (χ1n) is 3.68. The van der Waals surface area contributed by atoms with Crippen LogP contribution in [0.3, 0.4) is 0 Å². The summed E-state index contributed by atoms with van der Waals surface area (Å²) in [5, 5.41) is -0.358. The van der Waals surface area contributed by atoms with Gasteiger partial charge in [-0.2, -0.15) is 0 Å². The number of hydrogen-bond donors (Lipinski definition) is 0. The van der Waals surface area contributed by atoms with Crippen molar-refractivity contribution in [2.24, 2.45) is 0 Å². The minimum atomic E-state index is -4.85. The summed E-state index contributed by atoms with van der Waals surface area (Å²) in [6.45, 7) is 0. The van der Waals surface area contributed by atoms with Crippen LogP contribution in [-0.4, -0.2) is 12.8 Å². The summed E-state index contributed by atoms with van der Waals surface area (Å²) in [5.41, 5.74) is -0.341. The monoisotopic (exact) mass is 223 g/mol. The Balaban J connectivity index is 2.88. The second-order valence-electron chi connectivity index (χ2n) is 2.46. The highest BCUT2D eigenvalue weighted by Gasteiger charge is 2.31. The Bertz CT molecular complexity index is 353. The van der Waals surface area contributed by atoms with Crippen molar-refractivity contribution in [3.63, 3.8) is 0 Å². The zero-order valence-electron chi connectivity index (χ0n) is 7.16. The Morgan fingerprint density at radius 3 is 2.53 bits per heavy atom. The molecule has 1 rings (SSSR count). The van der Waals surface area contributed by atoms with E-state index in [1.807, 2.05) is 0 Å². The number of benzene rings is 1. The van der Waals surface area contributed by atoms with Gasteiger partial charge in [0.15, 0.2) is 0 Å². The molecule has 1 aromatic rings. The van der Waals surface area contributed by atoms with Crippen molar-refractivity contribution in [2.75, 3.05) is 5.12 Å². The lowest BCUT2D eigenvalue weighted by Gasteiger charge is -2.10. The molecule has 0 N–H and O–H groups in total. The van der Waals surface area contributed by atoms with Crippen molar-refractivity contribution in [1.29, 1.82) is 0 Å². The molecule has 7 heteroatoms. The summed E-state index contributed by atoms with van der Waals surface area (Å²) >= 11 is 0. The van der Waals surface area contributed by atoms with Crippen molar-refractivity contribution in [1.82, 2.24) is 0 Å². The fraction of sp³-hybridized carbons (Fsp3) is 0.125. The van der Waals surface area contributed by atoms with Crippen molar-refractivity contribution in [3.05, 3.63) is 24.3 Å². The number of ether oxygens (including phenoxy) is 1. The second kappa shape index (κ2) is 4.16. The fourth-order valence-corrected chi connectivity index (χ4v) is 0.874. The summed E-state index contributed by atoms with van der Waals surface area (Å²) in [7, 11) is 0. The third kappa shape index (κ3) is 3.45. The Hall–Kier alpha value is -1.79. The lowest BCUT2D eigenvalue weighted by Crippen LogP contribution is -2.17. The number of carbonyl (C=O) groups excluding carboxylic acids is 1. The maximum absolute atomic E-state index is 12.6. The molecule has 0 aliphatic rings. The molecular weight excluding hydrogens is 218 g/mol. The highest BCUT2D eigenvalue weighted by Crippen LogP contribution is 2.26. The van der Waals surface area contributed by atoms with Crippen LogP contribution >= 0.6 is 0 Å². The second-order valence-corrected chi connectivity index (χ2v) is 2.46. The lowest BCUT2D eigenvalue weighted by atomic mass is 10.3. The molecule has 0 saturated heterocycles. The Morgan fingerprint density at radius 1 is 1.33 bits per heavy atom. The van der Waals surface area contributed by atoms with Crippen LogP contribution in [0, 0.1) is 0 Å². The zero-order valence-corrected chi connectivity index (χ0v) is 7.16. The summed E-state index contributed by atoms with van der Waals surface area (Å²) < 4.78 is 51.4. The van der Waals surface area contributed by atoms with Gasteiger partial charge >= 0.3 is 6.36 Å². The molecule has 1 amide bonds. The number of anilines is 1. The van der Waals surface area contributed by atoms with E-state index in [2.05, 4.69) is 4.74 Å². The van der Waals surface area contributed by atoms with E-state index in [-0.39, 0.29) is 17.2 Å². The number of halogens is 4. The highest BCUT2D eigenvalue weighted by molar-refractivity contribution is 5.72. The molecule has 0 aromatic heterocycles. The van der Waals surface area contributed by atoms with Gasteiger partial charge in [0, 0.05) is 6.07 Å². The van der Waals surface area contributed by atoms with E-state index in [1.165, 1.54) is 0 Å². The van der Waals surface area contributed by atoms with Gasteiger partial charge in [0.2, 0.25) is 6.41 Å². The number of hydrogen-bond acceptors (Lipinski definition) is 2. The first-order chi connectivity index (χ1) is 6.92. The van der Waals surface area contributed by atoms with E-state index in [4.69, 9.17) is 0 Å². The molecule has 3 nitrogen and oxygen atoms in total. The van der Waals surface area contributed by atoms with Crippen LogP contribution in [0.2, 0.25) is 0 Å². The Morgan fingerprint density at radius 2 is 2.00 bits per heavy atom. The molecule has 0 atom stereocenters. The molecule has 0 aliphatic heterocycles. The Labute approximate surface area is 81.8 Å². The molecule has 0 aliphatic carbocycles. The van der Waals surface area contributed by atoms with Crippen LogP contribution in [0.5, 0.6) is 5.75 Å². The van der Waals surface area contributed by atoms with Crippen molar-refractivity contribution < 1.29 is 27.2 Å². The topological polar surface area (TPSA) is 29.5 Å². The number of amides is 1. The molecule has 0 saturated carbocycles. The number of rotatable bonds is 3. The van der Waals surface area contributed by atoms with Gasteiger partial charge in [-0.05, 0) is 12.1 Å². The van der Waals surface area contributed by atoms with Crippen LogP contribution in [0.4, 0.5) is 23.3 Å². The predicted molar refractivity (Wildman–Crippen MR) is 42.8 cm³/mol. The first kappa shape index (κ1) is 11.3. The Kier molecular flexibility index (Phi) is 3.13. The van der Waals surface area contributed by atoms with E-state index in [9.17, 15) is 22.4 Å². The molecular formula is C8H5F4NO2. The first-order valence-corrected chi connectivity index (χ1v) is 3.68. The third-order valence-electron chi connectivity index (χ3n) is 1.39. The number of alkyl halides is 3. The smallest absolute Gasteiger partial charge is 0.406 e. The largest absolute Gasteiger partial charge is 0.573 e. The van der Waals surface area contributed by atoms with Gasteiger partial charge in [-0.25, -0.2) is 0 Å². The van der Waals surface area contributed by atoms with Crippen LogP contribution in [0.25, 0.3) is 0 Å². The minimum absolute atomic E-state index is 0.174. The molecule has 0 heterocycles. The normalized spacial score (nSPS) is 10.9. The molecule has 0 bridgehead atoms. The van der Waals surface area contributed by atoms with Gasteiger partial charge in [0.25, 0.3) is 0 Å². The van der Waals surface area contributed by atoms with E-state index in [0.29, 0.717) is 0 Å². The van der Waals surface area contributed by atoms with Crippen molar-refractivity contribution >= 4 is 12.1 Å². The maximum atomic E-state index is 12.6. The van der Waals surface area contributed by atoms with Crippen LogP contribution in [-0.2, 0) is 4.79 Å². The van der Waals surface area contributed by atoms with E-state index < -0.39 is 12.1 Å². The summed E-state index contributed by atoms with van der Waals surface area (Å²) in [6.07, 6.45) is -5.02. The predicted octanol–water partition coefficient (Wildman–Crippen LogP) is 2.43. The standard InChI is InChI=1S/C8H5F4NO2/c9-8(10,11)15-7-3-1-2-6(4-7)13(12)5-14/h1-5H. The van der Waals surface area contributed by atoms with Crippen molar-refractivity contribution in [2.45, 2.75) is 6.36 Å². The maximum Gasteiger partial charge on any atom is 0.573 e. The van der Waals surface area contributed by atoms with E-state index >= 15 is 0 Å². The summed E-state index contributed by atoms with van der Waals surface area (Å²) in [6, 6.07) is 4.00. The van der Waals surface area contributed by atoms with Crippen LogP contribution in [0.1, 0.15) is 0 Å². The molecule has 82 valence electrons. The van der Waals surface area contributed by atoms with Gasteiger partial charge in [-0.15, -0.1) is 18.3 Å². The SMILES string of the molecule is O=CN(F)c1cccc(OC(F)(F)F)c1. The zero-order chi connectivity index (χ0) is 11.5.